The van der Waals surface area contributed by atoms with Gasteiger partial charge in [-0.2, -0.15) is 5.10 Å². The summed E-state index contributed by atoms with van der Waals surface area (Å²) in [7, 11) is 0. The number of aromatic amines is 1. The highest BCUT2D eigenvalue weighted by Crippen LogP contribution is 2.33. The van der Waals surface area contributed by atoms with Crippen LogP contribution in [0, 0.1) is 0 Å². The summed E-state index contributed by atoms with van der Waals surface area (Å²) in [5, 5.41) is 10.4. The predicted octanol–water partition coefficient (Wildman–Crippen LogP) is 3.67. The second-order valence-electron chi connectivity index (χ2n) is 6.44. The maximum absolute atomic E-state index is 12.6. The first kappa shape index (κ1) is 15.6. The average molecular weight is 331 g/mol. The topological polar surface area (TPSA) is 57.8 Å². The van der Waals surface area contributed by atoms with Crippen LogP contribution in [0.3, 0.4) is 0 Å². The lowest BCUT2D eigenvalue weighted by Crippen LogP contribution is -2.24. The van der Waals surface area contributed by atoms with Crippen LogP contribution in [0.25, 0.3) is 11.3 Å². The summed E-state index contributed by atoms with van der Waals surface area (Å²) in [6.45, 7) is 2.66. The summed E-state index contributed by atoms with van der Waals surface area (Å²) in [5.41, 5.74) is 7.37. The zero-order valence-corrected chi connectivity index (χ0v) is 14.3. The summed E-state index contributed by atoms with van der Waals surface area (Å²) in [6, 6.07) is 16.6. The van der Waals surface area contributed by atoms with Gasteiger partial charge in [-0.25, -0.2) is 0 Å². The van der Waals surface area contributed by atoms with Crippen LogP contribution in [-0.2, 0) is 25.8 Å². The fourth-order valence-corrected chi connectivity index (χ4v) is 3.41. The highest BCUT2D eigenvalue weighted by atomic mass is 16.1. The minimum Gasteiger partial charge on any atom is -0.347 e. The van der Waals surface area contributed by atoms with Gasteiger partial charge in [0.25, 0.3) is 5.91 Å². The van der Waals surface area contributed by atoms with Gasteiger partial charge < -0.3 is 5.32 Å². The molecule has 0 saturated carbocycles. The molecule has 4 rings (SSSR count). The van der Waals surface area contributed by atoms with Crippen LogP contribution in [-0.4, -0.2) is 16.1 Å². The SMILES string of the molecule is CCc1ccc(CNC(=O)c2[nH]nc3c2CCc2ccccc2-3)cc1. The van der Waals surface area contributed by atoms with E-state index in [-0.39, 0.29) is 5.91 Å². The number of carbonyl (C=O) groups is 1. The van der Waals surface area contributed by atoms with Gasteiger partial charge in [0.15, 0.2) is 0 Å². The van der Waals surface area contributed by atoms with Crippen LogP contribution in [0.15, 0.2) is 48.5 Å². The van der Waals surface area contributed by atoms with Gasteiger partial charge >= 0.3 is 0 Å². The van der Waals surface area contributed by atoms with Crippen molar-refractivity contribution < 1.29 is 4.79 Å². The fraction of sp³-hybridized carbons (Fsp3) is 0.238. The number of aryl methyl sites for hydroxylation is 2. The van der Waals surface area contributed by atoms with E-state index >= 15 is 0 Å². The van der Waals surface area contributed by atoms with Crippen LogP contribution in [0.1, 0.15) is 39.7 Å². The largest absolute Gasteiger partial charge is 0.347 e. The Morgan fingerprint density at radius 3 is 2.64 bits per heavy atom. The molecule has 0 radical (unpaired) electrons. The number of H-pyrrole nitrogens is 1. The van der Waals surface area contributed by atoms with Crippen LogP contribution >= 0.6 is 0 Å². The second-order valence-corrected chi connectivity index (χ2v) is 6.44. The minimum atomic E-state index is -0.0901. The molecule has 1 aromatic heterocycles. The molecule has 1 amide bonds. The molecule has 4 heteroatoms. The molecule has 1 aliphatic rings. The van der Waals surface area contributed by atoms with Gasteiger partial charge in [-0.1, -0.05) is 55.5 Å². The maximum atomic E-state index is 12.6. The molecule has 0 saturated heterocycles. The molecule has 1 heterocycles. The summed E-state index contributed by atoms with van der Waals surface area (Å²) < 4.78 is 0. The molecule has 2 N–H and O–H groups in total. The molecule has 0 spiro atoms. The van der Waals surface area contributed by atoms with Crippen molar-refractivity contribution in [3.8, 4) is 11.3 Å². The normalized spacial score (nSPS) is 12.4. The molecule has 25 heavy (non-hydrogen) atoms. The molecule has 0 aliphatic heterocycles. The van der Waals surface area contributed by atoms with E-state index in [0.717, 1.165) is 41.6 Å². The number of carbonyl (C=O) groups excluding carboxylic acids is 1. The van der Waals surface area contributed by atoms with Crippen molar-refractivity contribution in [3.63, 3.8) is 0 Å². The smallest absolute Gasteiger partial charge is 0.269 e. The number of aromatic nitrogens is 2. The molecule has 0 bridgehead atoms. The molecular formula is C21H21N3O. The van der Waals surface area contributed by atoms with Crippen LogP contribution < -0.4 is 5.32 Å². The minimum absolute atomic E-state index is 0.0901. The fourth-order valence-electron chi connectivity index (χ4n) is 3.41. The highest BCUT2D eigenvalue weighted by molar-refractivity contribution is 5.96. The first-order valence-corrected chi connectivity index (χ1v) is 8.77. The quantitative estimate of drug-likeness (QED) is 0.766. The summed E-state index contributed by atoms with van der Waals surface area (Å²) in [5.74, 6) is -0.0901. The molecule has 126 valence electrons. The van der Waals surface area contributed by atoms with Gasteiger partial charge in [0.2, 0.25) is 0 Å². The van der Waals surface area contributed by atoms with Crippen molar-refractivity contribution in [3.05, 3.63) is 76.5 Å². The van der Waals surface area contributed by atoms with Crippen LogP contribution in [0.5, 0.6) is 0 Å². The third-order valence-corrected chi connectivity index (χ3v) is 4.90. The summed E-state index contributed by atoms with van der Waals surface area (Å²) in [4.78, 5) is 12.6. The first-order chi connectivity index (χ1) is 12.3. The zero-order chi connectivity index (χ0) is 17.2. The van der Waals surface area contributed by atoms with Crippen molar-refractivity contribution in [1.29, 1.82) is 0 Å². The van der Waals surface area contributed by atoms with Gasteiger partial charge in [0.1, 0.15) is 5.69 Å². The third-order valence-electron chi connectivity index (χ3n) is 4.90. The Morgan fingerprint density at radius 1 is 1.08 bits per heavy atom. The first-order valence-electron chi connectivity index (χ1n) is 8.77. The van der Waals surface area contributed by atoms with Crippen molar-refractivity contribution in [2.75, 3.05) is 0 Å². The monoisotopic (exact) mass is 331 g/mol. The summed E-state index contributed by atoms with van der Waals surface area (Å²) >= 11 is 0. The van der Waals surface area contributed by atoms with E-state index in [4.69, 9.17) is 0 Å². The van der Waals surface area contributed by atoms with Gasteiger partial charge in [0, 0.05) is 17.7 Å². The Labute approximate surface area is 147 Å². The van der Waals surface area contributed by atoms with Gasteiger partial charge in [0.05, 0.1) is 5.69 Å². The van der Waals surface area contributed by atoms with E-state index in [1.807, 2.05) is 12.1 Å². The Hall–Kier alpha value is -2.88. The summed E-state index contributed by atoms with van der Waals surface area (Å²) in [6.07, 6.45) is 2.81. The number of nitrogens with zero attached hydrogens (tertiary/aromatic N) is 1. The molecular weight excluding hydrogens is 310 g/mol. The van der Waals surface area contributed by atoms with Crippen LogP contribution in [0.4, 0.5) is 0 Å². The number of benzene rings is 2. The van der Waals surface area contributed by atoms with Crippen molar-refractivity contribution >= 4 is 5.91 Å². The Bertz CT molecular complexity index is 909. The van der Waals surface area contributed by atoms with Gasteiger partial charge in [-0.05, 0) is 36.0 Å². The molecule has 0 atom stereocenters. The standard InChI is InChI=1S/C21H21N3O/c1-2-14-7-9-15(10-8-14)13-22-21(25)20-18-12-11-16-5-3-4-6-17(16)19(18)23-24-20/h3-10H,2,11-13H2,1H3,(H,22,25)(H,23,24). The van der Waals surface area contributed by atoms with Gasteiger partial charge in [-0.3, -0.25) is 9.89 Å². The number of nitrogens with one attached hydrogen (secondary N) is 2. The molecule has 2 aromatic carbocycles. The predicted molar refractivity (Wildman–Crippen MR) is 98.4 cm³/mol. The van der Waals surface area contributed by atoms with Crippen molar-refractivity contribution in [1.82, 2.24) is 15.5 Å². The number of fused-ring (bicyclic) bond motifs is 3. The molecule has 0 unspecified atom stereocenters. The number of rotatable bonds is 4. The number of amides is 1. The lowest BCUT2D eigenvalue weighted by Gasteiger charge is -2.15. The van der Waals surface area contributed by atoms with Crippen LogP contribution in [0.2, 0.25) is 0 Å². The third kappa shape index (κ3) is 2.95. The number of hydrogen-bond donors (Lipinski definition) is 2. The van der Waals surface area contributed by atoms with E-state index in [9.17, 15) is 4.79 Å². The molecule has 1 aliphatic carbocycles. The van der Waals surface area contributed by atoms with E-state index in [2.05, 4.69) is 58.8 Å². The number of hydrogen-bond acceptors (Lipinski definition) is 2. The van der Waals surface area contributed by atoms with E-state index < -0.39 is 0 Å². The molecule has 4 nitrogen and oxygen atoms in total. The lowest BCUT2D eigenvalue weighted by molar-refractivity contribution is 0.0945. The maximum Gasteiger partial charge on any atom is 0.269 e. The van der Waals surface area contributed by atoms with Gasteiger partial charge in [-0.15, -0.1) is 0 Å². The zero-order valence-electron chi connectivity index (χ0n) is 14.3. The lowest BCUT2D eigenvalue weighted by atomic mass is 9.89. The Balaban J connectivity index is 1.51. The van der Waals surface area contributed by atoms with Crippen molar-refractivity contribution in [2.24, 2.45) is 0 Å². The van der Waals surface area contributed by atoms with E-state index in [1.54, 1.807) is 0 Å². The average Bonchev–Trinajstić information content (AvgIpc) is 3.11. The molecule has 0 fully saturated rings. The Morgan fingerprint density at radius 2 is 1.84 bits per heavy atom. The van der Waals surface area contributed by atoms with E-state index in [0.29, 0.717) is 12.2 Å². The molecule has 3 aromatic rings. The van der Waals surface area contributed by atoms with E-state index in [1.165, 1.54) is 11.1 Å². The van der Waals surface area contributed by atoms with Crippen molar-refractivity contribution in [2.45, 2.75) is 32.7 Å². The highest BCUT2D eigenvalue weighted by Gasteiger charge is 2.24. The second kappa shape index (κ2) is 6.55. The Kier molecular flexibility index (Phi) is 4.10.